The molecule has 0 fully saturated rings. The van der Waals surface area contributed by atoms with Crippen LogP contribution in [0.25, 0.3) is 0 Å². The minimum atomic E-state index is -1.29. The molecular formula is C18H19NO4. The zero-order chi connectivity index (χ0) is 16.9. The minimum absolute atomic E-state index is 0.163. The molecule has 0 bridgehead atoms. The van der Waals surface area contributed by atoms with Crippen LogP contribution in [0, 0.1) is 0 Å². The second-order valence-corrected chi connectivity index (χ2v) is 5.46. The Labute approximate surface area is 134 Å². The van der Waals surface area contributed by atoms with Gasteiger partial charge >= 0.3 is 5.97 Å². The van der Waals surface area contributed by atoms with Gasteiger partial charge in [0.2, 0.25) is 5.91 Å². The first-order chi connectivity index (χ1) is 11.0. The monoisotopic (exact) mass is 313 g/mol. The molecule has 0 aromatic heterocycles. The van der Waals surface area contributed by atoms with Crippen LogP contribution in [-0.2, 0) is 15.0 Å². The fraction of sp³-hybridized carbons (Fsp3) is 0.222. The summed E-state index contributed by atoms with van der Waals surface area (Å²) >= 11 is 0. The molecule has 2 N–H and O–H groups in total. The molecule has 1 amide bonds. The zero-order valence-electron chi connectivity index (χ0n) is 13.1. The van der Waals surface area contributed by atoms with Gasteiger partial charge < -0.3 is 15.2 Å². The summed E-state index contributed by atoms with van der Waals surface area (Å²) < 4.78 is 5.10. The smallest absolute Gasteiger partial charge is 0.314 e. The summed E-state index contributed by atoms with van der Waals surface area (Å²) in [4.78, 5) is 24.0. The van der Waals surface area contributed by atoms with Crippen LogP contribution < -0.4 is 10.1 Å². The van der Waals surface area contributed by atoms with E-state index in [2.05, 4.69) is 5.32 Å². The van der Waals surface area contributed by atoms with E-state index in [1.807, 2.05) is 6.07 Å². The van der Waals surface area contributed by atoms with Crippen LogP contribution in [0.4, 0.5) is 5.69 Å². The molecule has 0 unspecified atom stereocenters. The Morgan fingerprint density at radius 1 is 1.13 bits per heavy atom. The van der Waals surface area contributed by atoms with E-state index in [1.165, 1.54) is 7.11 Å². The van der Waals surface area contributed by atoms with Gasteiger partial charge in [-0.2, -0.15) is 0 Å². The van der Waals surface area contributed by atoms with Crippen LogP contribution in [0.5, 0.6) is 5.75 Å². The molecule has 2 aromatic rings. The van der Waals surface area contributed by atoms with Crippen molar-refractivity contribution >= 4 is 17.6 Å². The SMILES string of the molecule is COc1cccc(NC(=O)C[C@@](C)(C(=O)O)c2ccccc2)c1. The zero-order valence-corrected chi connectivity index (χ0v) is 13.1. The third-order valence-corrected chi connectivity index (χ3v) is 3.75. The van der Waals surface area contributed by atoms with Crippen molar-refractivity contribution in [3.05, 3.63) is 60.2 Å². The number of carboxylic acid groups (broad SMARTS) is 1. The van der Waals surface area contributed by atoms with Crippen molar-refractivity contribution in [1.29, 1.82) is 0 Å². The van der Waals surface area contributed by atoms with E-state index in [-0.39, 0.29) is 12.3 Å². The van der Waals surface area contributed by atoms with Gasteiger partial charge in [-0.15, -0.1) is 0 Å². The van der Waals surface area contributed by atoms with Gasteiger partial charge in [-0.1, -0.05) is 36.4 Å². The summed E-state index contributed by atoms with van der Waals surface area (Å²) in [5, 5.41) is 12.3. The minimum Gasteiger partial charge on any atom is -0.497 e. The lowest BCUT2D eigenvalue weighted by Crippen LogP contribution is -2.36. The normalized spacial score (nSPS) is 13.0. The van der Waals surface area contributed by atoms with Crippen LogP contribution >= 0.6 is 0 Å². The molecule has 0 radical (unpaired) electrons. The number of nitrogens with one attached hydrogen (secondary N) is 1. The highest BCUT2D eigenvalue weighted by Crippen LogP contribution is 2.29. The second-order valence-electron chi connectivity index (χ2n) is 5.46. The van der Waals surface area contributed by atoms with Gasteiger partial charge in [0.15, 0.2) is 0 Å². The number of benzene rings is 2. The summed E-state index contributed by atoms with van der Waals surface area (Å²) in [6.45, 7) is 1.55. The molecule has 1 atom stereocenters. The second kappa shape index (κ2) is 6.96. The van der Waals surface area contributed by atoms with Crippen LogP contribution in [0.15, 0.2) is 54.6 Å². The van der Waals surface area contributed by atoms with Crippen molar-refractivity contribution in [2.24, 2.45) is 0 Å². The van der Waals surface area contributed by atoms with Crippen molar-refractivity contribution in [2.75, 3.05) is 12.4 Å². The van der Waals surface area contributed by atoms with E-state index in [4.69, 9.17) is 4.74 Å². The molecule has 5 nitrogen and oxygen atoms in total. The Morgan fingerprint density at radius 3 is 2.43 bits per heavy atom. The summed E-state index contributed by atoms with van der Waals surface area (Å²) in [5.41, 5.74) is -0.132. The highest BCUT2D eigenvalue weighted by atomic mass is 16.5. The molecule has 120 valence electrons. The molecule has 0 heterocycles. The Kier molecular flexibility index (Phi) is 5.01. The predicted molar refractivity (Wildman–Crippen MR) is 87.7 cm³/mol. The number of carbonyl (C=O) groups excluding carboxylic acids is 1. The van der Waals surface area contributed by atoms with E-state index in [0.717, 1.165) is 0 Å². The fourth-order valence-electron chi connectivity index (χ4n) is 2.33. The number of ether oxygens (including phenoxy) is 1. The first-order valence-corrected chi connectivity index (χ1v) is 7.18. The molecule has 0 aliphatic heterocycles. The largest absolute Gasteiger partial charge is 0.497 e. The lowest BCUT2D eigenvalue weighted by molar-refractivity contribution is -0.145. The molecule has 5 heteroatoms. The number of anilines is 1. The maximum Gasteiger partial charge on any atom is 0.314 e. The number of rotatable bonds is 6. The van der Waals surface area contributed by atoms with Crippen molar-refractivity contribution in [1.82, 2.24) is 0 Å². The first kappa shape index (κ1) is 16.5. The highest BCUT2D eigenvalue weighted by molar-refractivity contribution is 5.96. The third kappa shape index (κ3) is 3.88. The number of carboxylic acids is 1. The van der Waals surface area contributed by atoms with E-state index in [1.54, 1.807) is 55.5 Å². The molecule has 0 saturated carbocycles. The topological polar surface area (TPSA) is 75.6 Å². The molecule has 23 heavy (non-hydrogen) atoms. The summed E-state index contributed by atoms with van der Waals surface area (Å²) in [6.07, 6.45) is -0.163. The van der Waals surface area contributed by atoms with E-state index in [0.29, 0.717) is 17.0 Å². The number of amides is 1. The number of methoxy groups -OCH3 is 1. The molecule has 0 spiro atoms. The predicted octanol–water partition coefficient (Wildman–Crippen LogP) is 3.07. The van der Waals surface area contributed by atoms with Crippen molar-refractivity contribution < 1.29 is 19.4 Å². The molecule has 0 aliphatic carbocycles. The first-order valence-electron chi connectivity index (χ1n) is 7.18. The molecule has 2 aromatic carbocycles. The molecule has 0 aliphatic rings. The lowest BCUT2D eigenvalue weighted by Gasteiger charge is -2.24. The van der Waals surface area contributed by atoms with E-state index in [9.17, 15) is 14.7 Å². The van der Waals surface area contributed by atoms with Crippen molar-refractivity contribution in [3.63, 3.8) is 0 Å². The van der Waals surface area contributed by atoms with Crippen LogP contribution in [-0.4, -0.2) is 24.1 Å². The van der Waals surface area contributed by atoms with Gasteiger partial charge in [-0.25, -0.2) is 0 Å². The Bertz CT molecular complexity index is 699. The molecule has 2 rings (SSSR count). The Morgan fingerprint density at radius 2 is 1.83 bits per heavy atom. The van der Waals surface area contributed by atoms with Gasteiger partial charge in [0, 0.05) is 18.2 Å². The average molecular weight is 313 g/mol. The van der Waals surface area contributed by atoms with Crippen molar-refractivity contribution in [3.8, 4) is 5.75 Å². The standard InChI is InChI=1S/C18H19NO4/c1-18(17(21)22,13-7-4-3-5-8-13)12-16(20)19-14-9-6-10-15(11-14)23-2/h3-11H,12H2,1-2H3,(H,19,20)(H,21,22)/t18-/m1/s1. The fourth-order valence-corrected chi connectivity index (χ4v) is 2.33. The number of hydrogen-bond acceptors (Lipinski definition) is 3. The summed E-state index contributed by atoms with van der Waals surface area (Å²) in [7, 11) is 1.54. The van der Waals surface area contributed by atoms with Crippen LogP contribution in [0.1, 0.15) is 18.9 Å². The number of carbonyl (C=O) groups is 2. The maximum atomic E-state index is 12.3. The molecular weight excluding hydrogens is 294 g/mol. The van der Waals surface area contributed by atoms with Gasteiger partial charge in [-0.3, -0.25) is 9.59 Å². The molecule has 0 saturated heterocycles. The summed E-state index contributed by atoms with van der Waals surface area (Å²) in [6, 6.07) is 15.7. The van der Waals surface area contributed by atoms with Crippen LogP contribution in [0.2, 0.25) is 0 Å². The summed E-state index contributed by atoms with van der Waals surface area (Å²) in [5.74, 6) is -0.789. The van der Waals surface area contributed by atoms with Crippen molar-refractivity contribution in [2.45, 2.75) is 18.8 Å². The lowest BCUT2D eigenvalue weighted by atomic mass is 9.79. The van der Waals surface area contributed by atoms with Gasteiger partial charge in [0.25, 0.3) is 0 Å². The highest BCUT2D eigenvalue weighted by Gasteiger charge is 2.37. The average Bonchev–Trinajstić information content (AvgIpc) is 2.55. The third-order valence-electron chi connectivity index (χ3n) is 3.75. The van der Waals surface area contributed by atoms with E-state index >= 15 is 0 Å². The maximum absolute atomic E-state index is 12.3. The number of hydrogen-bond donors (Lipinski definition) is 2. The van der Waals surface area contributed by atoms with Crippen LogP contribution in [0.3, 0.4) is 0 Å². The van der Waals surface area contributed by atoms with Gasteiger partial charge in [0.1, 0.15) is 5.75 Å². The Hall–Kier alpha value is -2.82. The van der Waals surface area contributed by atoms with Gasteiger partial charge in [-0.05, 0) is 24.6 Å². The number of aliphatic carboxylic acids is 1. The van der Waals surface area contributed by atoms with Gasteiger partial charge in [0.05, 0.1) is 12.5 Å². The van der Waals surface area contributed by atoms with E-state index < -0.39 is 11.4 Å². The quantitative estimate of drug-likeness (QED) is 0.859. The Balaban J connectivity index is 2.17.